The maximum atomic E-state index is 11.6. The third-order valence-electron chi connectivity index (χ3n) is 4.84. The zero-order valence-electron chi connectivity index (χ0n) is 16.0. The topological polar surface area (TPSA) is 83.0 Å². The van der Waals surface area contributed by atoms with Crippen LogP contribution in [0.2, 0.25) is 0 Å². The largest absolute Gasteiger partial charge is 0.379 e. The number of nitrogens with zero attached hydrogens (tertiary/aromatic N) is 2. The van der Waals surface area contributed by atoms with Crippen molar-refractivity contribution in [1.82, 2.24) is 15.5 Å². The van der Waals surface area contributed by atoms with Crippen LogP contribution in [0.5, 0.6) is 0 Å². The van der Waals surface area contributed by atoms with Crippen molar-refractivity contribution in [3.05, 3.63) is 35.4 Å². The maximum absolute atomic E-state index is 11.6. The van der Waals surface area contributed by atoms with Gasteiger partial charge in [0.2, 0.25) is 0 Å². The van der Waals surface area contributed by atoms with Gasteiger partial charge in [0.25, 0.3) is 0 Å². The van der Waals surface area contributed by atoms with Crippen molar-refractivity contribution in [2.24, 2.45) is 4.99 Å². The van der Waals surface area contributed by atoms with Crippen molar-refractivity contribution in [3.8, 4) is 0 Å². The number of nitrogens with one attached hydrogen (secondary N) is 2. The summed E-state index contributed by atoms with van der Waals surface area (Å²) in [6.07, 6.45) is 0.641. The van der Waals surface area contributed by atoms with Crippen LogP contribution in [0.15, 0.2) is 29.3 Å². The van der Waals surface area contributed by atoms with Gasteiger partial charge in [0, 0.05) is 32.2 Å². The predicted molar refractivity (Wildman–Crippen MR) is 108 cm³/mol. The maximum Gasteiger partial charge on any atom is 0.191 e. The molecule has 3 rings (SSSR count). The Bertz CT molecular complexity index is 745. The zero-order valence-corrected chi connectivity index (χ0v) is 16.8. The Morgan fingerprint density at radius 3 is 2.78 bits per heavy atom. The average molecular weight is 395 g/mol. The molecule has 7 nitrogen and oxygen atoms in total. The van der Waals surface area contributed by atoms with Crippen LogP contribution in [0, 0.1) is 0 Å². The lowest BCUT2D eigenvalue weighted by molar-refractivity contribution is 0.0342. The molecule has 2 N–H and O–H groups in total. The van der Waals surface area contributed by atoms with Gasteiger partial charge in [-0.05, 0) is 24.5 Å². The van der Waals surface area contributed by atoms with Gasteiger partial charge in [0.05, 0.1) is 31.3 Å². The van der Waals surface area contributed by atoms with E-state index >= 15 is 0 Å². The summed E-state index contributed by atoms with van der Waals surface area (Å²) in [6, 6.07) is 8.44. The fourth-order valence-corrected chi connectivity index (χ4v) is 5.11. The summed E-state index contributed by atoms with van der Waals surface area (Å²) in [6.45, 7) is 7.79. The molecule has 1 aromatic carbocycles. The van der Waals surface area contributed by atoms with E-state index in [2.05, 4.69) is 44.8 Å². The van der Waals surface area contributed by atoms with Crippen molar-refractivity contribution >= 4 is 15.8 Å². The van der Waals surface area contributed by atoms with Gasteiger partial charge in [-0.25, -0.2) is 13.4 Å². The highest BCUT2D eigenvalue weighted by molar-refractivity contribution is 7.91. The molecule has 0 spiro atoms. The third kappa shape index (κ3) is 6.48. The highest BCUT2D eigenvalue weighted by Crippen LogP contribution is 2.12. The lowest BCUT2D eigenvalue weighted by atomic mass is 10.1. The molecule has 0 bridgehead atoms. The molecule has 0 aliphatic carbocycles. The minimum atomic E-state index is -2.90. The first kappa shape index (κ1) is 20.1. The number of guanidine groups is 1. The number of aliphatic imine (C=N–C) groups is 1. The van der Waals surface area contributed by atoms with E-state index in [0.717, 1.165) is 45.0 Å². The fourth-order valence-electron chi connectivity index (χ4n) is 3.44. The number of benzene rings is 1. The Morgan fingerprint density at radius 1 is 1.30 bits per heavy atom. The Hall–Kier alpha value is -1.64. The molecule has 1 atom stereocenters. The summed E-state index contributed by atoms with van der Waals surface area (Å²) in [5.41, 5.74) is 2.43. The van der Waals surface area contributed by atoms with E-state index in [0.29, 0.717) is 18.9 Å². The second-order valence-corrected chi connectivity index (χ2v) is 9.38. The van der Waals surface area contributed by atoms with Crippen molar-refractivity contribution in [2.75, 3.05) is 44.4 Å². The highest BCUT2D eigenvalue weighted by Gasteiger charge is 2.28. The summed E-state index contributed by atoms with van der Waals surface area (Å²) in [4.78, 5) is 7.05. The molecule has 1 aromatic rings. The Kier molecular flexibility index (Phi) is 7.09. The minimum Gasteiger partial charge on any atom is -0.379 e. The summed E-state index contributed by atoms with van der Waals surface area (Å²) in [7, 11) is -2.90. The van der Waals surface area contributed by atoms with Crippen LogP contribution in [0.4, 0.5) is 0 Å². The molecule has 2 aliphatic rings. The van der Waals surface area contributed by atoms with E-state index in [1.807, 2.05) is 6.92 Å². The summed E-state index contributed by atoms with van der Waals surface area (Å²) in [5, 5.41) is 6.47. The monoisotopic (exact) mass is 394 g/mol. The van der Waals surface area contributed by atoms with Crippen molar-refractivity contribution in [1.29, 1.82) is 0 Å². The smallest absolute Gasteiger partial charge is 0.191 e. The lowest BCUT2D eigenvalue weighted by Gasteiger charge is -2.26. The summed E-state index contributed by atoms with van der Waals surface area (Å²) >= 11 is 0. The first-order valence-corrected chi connectivity index (χ1v) is 11.5. The molecule has 2 aliphatic heterocycles. The molecule has 0 radical (unpaired) electrons. The van der Waals surface area contributed by atoms with E-state index < -0.39 is 9.84 Å². The van der Waals surface area contributed by atoms with Gasteiger partial charge in [0.15, 0.2) is 15.8 Å². The molecule has 0 saturated carbocycles. The van der Waals surface area contributed by atoms with Crippen LogP contribution < -0.4 is 10.6 Å². The van der Waals surface area contributed by atoms with Crippen molar-refractivity contribution in [2.45, 2.75) is 32.5 Å². The van der Waals surface area contributed by atoms with E-state index in [4.69, 9.17) is 4.74 Å². The molecule has 2 saturated heterocycles. The van der Waals surface area contributed by atoms with E-state index in [9.17, 15) is 8.42 Å². The number of rotatable bonds is 6. The molecule has 0 amide bonds. The molecule has 1 unspecified atom stereocenters. The molecule has 2 heterocycles. The van der Waals surface area contributed by atoms with Gasteiger partial charge < -0.3 is 15.4 Å². The van der Waals surface area contributed by atoms with Crippen LogP contribution in [-0.4, -0.2) is 69.7 Å². The van der Waals surface area contributed by atoms with Gasteiger partial charge in [-0.2, -0.15) is 0 Å². The zero-order chi connectivity index (χ0) is 19.1. The minimum absolute atomic E-state index is 0.0551. The first-order valence-electron chi connectivity index (χ1n) is 9.67. The second kappa shape index (κ2) is 9.52. The Labute approximate surface area is 162 Å². The first-order chi connectivity index (χ1) is 13.0. The van der Waals surface area contributed by atoms with Crippen molar-refractivity contribution < 1.29 is 13.2 Å². The normalized spacial score (nSPS) is 23.3. The Balaban J connectivity index is 1.59. The molecular weight excluding hydrogens is 364 g/mol. The van der Waals surface area contributed by atoms with E-state index in [1.165, 1.54) is 5.56 Å². The van der Waals surface area contributed by atoms with Crippen molar-refractivity contribution in [3.63, 3.8) is 0 Å². The van der Waals surface area contributed by atoms with Gasteiger partial charge in [-0.1, -0.05) is 24.3 Å². The average Bonchev–Trinajstić information content (AvgIpc) is 2.99. The van der Waals surface area contributed by atoms with Crippen LogP contribution >= 0.6 is 0 Å². The van der Waals surface area contributed by atoms with Crippen LogP contribution in [0.25, 0.3) is 0 Å². The molecule has 2 fully saturated rings. The number of ether oxygens (including phenoxy) is 1. The van der Waals surface area contributed by atoms with E-state index in [-0.39, 0.29) is 17.5 Å². The van der Waals surface area contributed by atoms with E-state index in [1.54, 1.807) is 0 Å². The van der Waals surface area contributed by atoms with Gasteiger partial charge in [0.1, 0.15) is 0 Å². The number of sulfone groups is 1. The predicted octanol–water partition coefficient (Wildman–Crippen LogP) is 0.761. The highest BCUT2D eigenvalue weighted by atomic mass is 32.2. The SMILES string of the molecule is CCNC(=NCc1cccc(CN2CCOCC2)c1)NC1CCS(=O)(=O)C1. The fraction of sp³-hybridized carbons (Fsp3) is 0.632. The third-order valence-corrected chi connectivity index (χ3v) is 6.61. The molecule has 0 aromatic heterocycles. The number of hydrogen-bond donors (Lipinski definition) is 2. The van der Waals surface area contributed by atoms with Crippen LogP contribution in [0.3, 0.4) is 0 Å². The molecule has 27 heavy (non-hydrogen) atoms. The summed E-state index contributed by atoms with van der Waals surface area (Å²) < 4.78 is 28.7. The van der Waals surface area contributed by atoms with Crippen LogP contribution in [-0.2, 0) is 27.7 Å². The Morgan fingerprint density at radius 2 is 2.07 bits per heavy atom. The second-order valence-electron chi connectivity index (χ2n) is 7.15. The quantitative estimate of drug-likeness (QED) is 0.548. The van der Waals surface area contributed by atoms with Gasteiger partial charge >= 0.3 is 0 Å². The summed E-state index contributed by atoms with van der Waals surface area (Å²) in [5.74, 6) is 1.12. The lowest BCUT2D eigenvalue weighted by Crippen LogP contribution is -2.44. The van der Waals surface area contributed by atoms with Gasteiger partial charge in [-0.15, -0.1) is 0 Å². The van der Waals surface area contributed by atoms with Crippen LogP contribution in [0.1, 0.15) is 24.5 Å². The molecular formula is C19H30N4O3S. The standard InChI is InChI=1S/C19H30N4O3S/c1-2-20-19(22-18-6-11-27(24,25)15-18)21-13-16-4-3-5-17(12-16)14-23-7-9-26-10-8-23/h3-5,12,18H,2,6-11,13-15H2,1H3,(H2,20,21,22). The number of morpholine rings is 1. The molecule has 8 heteroatoms. The number of hydrogen-bond acceptors (Lipinski definition) is 5. The van der Waals surface area contributed by atoms with Gasteiger partial charge in [-0.3, -0.25) is 4.90 Å². The molecule has 150 valence electrons.